The van der Waals surface area contributed by atoms with E-state index in [-0.39, 0.29) is 22.2 Å². The first-order valence-electron chi connectivity index (χ1n) is 7.41. The zero-order chi connectivity index (χ0) is 17.5. The SMILES string of the molecule is CCOC(=O)Cc1ccc2c(c1)N(C)c1ccc(Br)cc1S2(=O)=O. The molecule has 24 heavy (non-hydrogen) atoms. The number of anilines is 2. The number of benzene rings is 2. The Kier molecular flexibility index (Phi) is 4.40. The molecule has 1 heterocycles. The molecule has 0 saturated carbocycles. The fourth-order valence-corrected chi connectivity index (χ4v) is 5.00. The summed E-state index contributed by atoms with van der Waals surface area (Å²) in [7, 11) is -1.79. The molecule has 0 saturated heterocycles. The molecule has 1 aliphatic rings. The standard InChI is InChI=1S/C17H16BrNO4S/c1-3-23-17(20)9-11-4-7-15-14(8-11)19(2)13-6-5-12(18)10-16(13)24(15,21)22/h4-8,10H,3,9H2,1-2H3. The highest BCUT2D eigenvalue weighted by atomic mass is 79.9. The number of rotatable bonds is 3. The Bertz CT molecular complexity index is 924. The van der Waals surface area contributed by atoms with Crippen LogP contribution in [0, 0.1) is 0 Å². The molecular weight excluding hydrogens is 394 g/mol. The lowest BCUT2D eigenvalue weighted by Crippen LogP contribution is -2.22. The Hall–Kier alpha value is -1.86. The summed E-state index contributed by atoms with van der Waals surface area (Å²) >= 11 is 3.32. The summed E-state index contributed by atoms with van der Waals surface area (Å²) in [5, 5.41) is 0. The van der Waals surface area contributed by atoms with Crippen LogP contribution in [-0.4, -0.2) is 28.0 Å². The highest BCUT2D eigenvalue weighted by molar-refractivity contribution is 9.10. The zero-order valence-electron chi connectivity index (χ0n) is 13.2. The predicted octanol–water partition coefficient (Wildman–Crippen LogP) is 3.47. The Morgan fingerprint density at radius 2 is 1.88 bits per heavy atom. The summed E-state index contributed by atoms with van der Waals surface area (Å²) in [6, 6.07) is 10.1. The molecule has 0 bridgehead atoms. The summed E-state index contributed by atoms with van der Waals surface area (Å²) in [5.74, 6) is -0.330. The molecule has 0 fully saturated rings. The van der Waals surface area contributed by atoms with Crippen LogP contribution >= 0.6 is 15.9 Å². The van der Waals surface area contributed by atoms with E-state index in [1.54, 1.807) is 43.3 Å². The molecule has 1 aliphatic heterocycles. The summed E-state index contributed by atoms with van der Waals surface area (Å²) in [6.07, 6.45) is 0.113. The summed E-state index contributed by atoms with van der Waals surface area (Å²) in [5.41, 5.74) is 1.89. The summed E-state index contributed by atoms with van der Waals surface area (Å²) in [6.45, 7) is 2.07. The van der Waals surface area contributed by atoms with Gasteiger partial charge in [-0.05, 0) is 42.8 Å². The molecule has 0 amide bonds. The Morgan fingerprint density at radius 1 is 1.12 bits per heavy atom. The minimum absolute atomic E-state index is 0.113. The van der Waals surface area contributed by atoms with E-state index in [1.165, 1.54) is 0 Å². The average Bonchev–Trinajstić information content (AvgIpc) is 2.53. The van der Waals surface area contributed by atoms with Gasteiger partial charge in [0.05, 0.1) is 34.2 Å². The highest BCUT2D eigenvalue weighted by Gasteiger charge is 2.33. The molecule has 2 aromatic carbocycles. The van der Waals surface area contributed by atoms with Gasteiger partial charge in [-0.3, -0.25) is 4.79 Å². The third kappa shape index (κ3) is 2.82. The topological polar surface area (TPSA) is 63.7 Å². The van der Waals surface area contributed by atoms with E-state index in [9.17, 15) is 13.2 Å². The van der Waals surface area contributed by atoms with Crippen LogP contribution in [0.5, 0.6) is 0 Å². The van der Waals surface area contributed by atoms with Gasteiger partial charge in [-0.15, -0.1) is 0 Å². The van der Waals surface area contributed by atoms with Crippen molar-refractivity contribution in [3.05, 3.63) is 46.4 Å². The van der Waals surface area contributed by atoms with Crippen LogP contribution in [0.15, 0.2) is 50.7 Å². The zero-order valence-corrected chi connectivity index (χ0v) is 15.6. The molecule has 0 N–H and O–H groups in total. The van der Waals surface area contributed by atoms with Crippen molar-refractivity contribution in [1.82, 2.24) is 0 Å². The fraction of sp³-hybridized carbons (Fsp3) is 0.235. The molecule has 0 unspecified atom stereocenters. The molecule has 3 rings (SSSR count). The largest absolute Gasteiger partial charge is 0.466 e. The van der Waals surface area contributed by atoms with Crippen molar-refractivity contribution >= 4 is 43.1 Å². The van der Waals surface area contributed by atoms with E-state index < -0.39 is 9.84 Å². The van der Waals surface area contributed by atoms with Gasteiger partial charge in [0.25, 0.3) is 0 Å². The van der Waals surface area contributed by atoms with Gasteiger partial charge in [0.2, 0.25) is 9.84 Å². The van der Waals surface area contributed by atoms with E-state index in [1.807, 2.05) is 11.9 Å². The van der Waals surface area contributed by atoms with Crippen LogP contribution in [0.25, 0.3) is 0 Å². The smallest absolute Gasteiger partial charge is 0.310 e. The minimum atomic E-state index is -3.60. The molecule has 5 nitrogen and oxygen atoms in total. The maximum Gasteiger partial charge on any atom is 0.310 e. The fourth-order valence-electron chi connectivity index (χ4n) is 2.77. The van der Waals surface area contributed by atoms with Gasteiger partial charge in [0.15, 0.2) is 0 Å². The van der Waals surface area contributed by atoms with Gasteiger partial charge in [0, 0.05) is 11.5 Å². The van der Waals surface area contributed by atoms with Gasteiger partial charge in [0.1, 0.15) is 0 Å². The average molecular weight is 410 g/mol. The normalized spacial score (nSPS) is 14.7. The molecule has 7 heteroatoms. The van der Waals surface area contributed by atoms with Crippen LogP contribution in [0.2, 0.25) is 0 Å². The molecule has 0 aromatic heterocycles. The van der Waals surface area contributed by atoms with Crippen molar-refractivity contribution in [2.45, 2.75) is 23.1 Å². The lowest BCUT2D eigenvalue weighted by atomic mass is 10.1. The third-order valence-electron chi connectivity index (χ3n) is 3.90. The maximum atomic E-state index is 12.9. The summed E-state index contributed by atoms with van der Waals surface area (Å²) < 4.78 is 31.4. The van der Waals surface area contributed by atoms with E-state index in [0.717, 1.165) is 5.56 Å². The van der Waals surface area contributed by atoms with E-state index in [0.29, 0.717) is 22.5 Å². The number of sulfone groups is 1. The lowest BCUT2D eigenvalue weighted by Gasteiger charge is -2.30. The van der Waals surface area contributed by atoms with E-state index in [2.05, 4.69) is 15.9 Å². The molecule has 0 atom stereocenters. The number of carbonyl (C=O) groups is 1. The second kappa shape index (κ2) is 6.22. The number of hydrogen-bond donors (Lipinski definition) is 0. The quantitative estimate of drug-likeness (QED) is 0.726. The van der Waals surface area contributed by atoms with Gasteiger partial charge >= 0.3 is 5.97 Å². The van der Waals surface area contributed by atoms with Crippen LogP contribution in [0.1, 0.15) is 12.5 Å². The maximum absolute atomic E-state index is 12.9. The summed E-state index contributed by atoms with van der Waals surface area (Å²) in [4.78, 5) is 14.0. The molecule has 0 radical (unpaired) electrons. The van der Waals surface area contributed by atoms with Crippen molar-refractivity contribution in [1.29, 1.82) is 0 Å². The first kappa shape index (κ1) is 17.0. The van der Waals surface area contributed by atoms with E-state index in [4.69, 9.17) is 4.74 Å². The van der Waals surface area contributed by atoms with Crippen molar-refractivity contribution < 1.29 is 17.9 Å². The molecular formula is C17H16BrNO4S. The van der Waals surface area contributed by atoms with Crippen LogP contribution < -0.4 is 4.90 Å². The van der Waals surface area contributed by atoms with Crippen molar-refractivity contribution in [3.8, 4) is 0 Å². The van der Waals surface area contributed by atoms with Gasteiger partial charge < -0.3 is 9.64 Å². The number of nitrogens with zero attached hydrogens (tertiary/aromatic N) is 1. The van der Waals surface area contributed by atoms with E-state index >= 15 is 0 Å². The Labute approximate surface area is 149 Å². The minimum Gasteiger partial charge on any atom is -0.466 e. The second-order valence-electron chi connectivity index (χ2n) is 5.46. The number of hydrogen-bond acceptors (Lipinski definition) is 5. The number of ether oxygens (including phenoxy) is 1. The first-order chi connectivity index (χ1) is 11.3. The molecule has 0 spiro atoms. The highest BCUT2D eigenvalue weighted by Crippen LogP contribution is 2.44. The monoisotopic (exact) mass is 409 g/mol. The molecule has 2 aromatic rings. The van der Waals surface area contributed by atoms with Crippen molar-refractivity contribution in [2.24, 2.45) is 0 Å². The van der Waals surface area contributed by atoms with Gasteiger partial charge in [-0.1, -0.05) is 22.0 Å². The van der Waals surface area contributed by atoms with Crippen molar-refractivity contribution in [3.63, 3.8) is 0 Å². The van der Waals surface area contributed by atoms with Gasteiger partial charge in [-0.25, -0.2) is 8.42 Å². The molecule has 0 aliphatic carbocycles. The molecule has 126 valence electrons. The lowest BCUT2D eigenvalue weighted by molar-refractivity contribution is -0.142. The number of esters is 1. The van der Waals surface area contributed by atoms with Crippen LogP contribution in [0.4, 0.5) is 11.4 Å². The Balaban J connectivity index is 2.09. The number of halogens is 1. The van der Waals surface area contributed by atoms with Crippen molar-refractivity contribution in [2.75, 3.05) is 18.6 Å². The third-order valence-corrected chi connectivity index (χ3v) is 6.22. The van der Waals surface area contributed by atoms with Crippen LogP contribution in [0.3, 0.4) is 0 Å². The second-order valence-corrected chi connectivity index (χ2v) is 8.26. The predicted molar refractivity (Wildman–Crippen MR) is 94.4 cm³/mol. The number of fused-ring (bicyclic) bond motifs is 2. The first-order valence-corrected chi connectivity index (χ1v) is 9.69. The van der Waals surface area contributed by atoms with Crippen LogP contribution in [-0.2, 0) is 25.8 Å². The van der Waals surface area contributed by atoms with Gasteiger partial charge in [-0.2, -0.15) is 0 Å². The number of carbonyl (C=O) groups excluding carboxylic acids is 1. The Morgan fingerprint density at radius 3 is 2.58 bits per heavy atom.